The molecule has 2 aromatic rings. The number of carbonyl (C=O) groups is 2. The van der Waals surface area contributed by atoms with Gasteiger partial charge in [0.2, 0.25) is 11.8 Å². The van der Waals surface area contributed by atoms with Crippen molar-refractivity contribution < 1.29 is 49.0 Å². The second-order valence-corrected chi connectivity index (χ2v) is 13.2. The molecule has 4 rings (SSSR count). The first-order chi connectivity index (χ1) is 24.9. The third kappa shape index (κ3) is 13.1. The average molecular weight is 731 g/mol. The Morgan fingerprint density at radius 2 is 1.23 bits per heavy atom. The Bertz CT molecular complexity index is 1400. The van der Waals surface area contributed by atoms with Crippen molar-refractivity contribution in [3.8, 4) is 0 Å². The third-order valence-corrected chi connectivity index (χ3v) is 8.79. The van der Waals surface area contributed by atoms with Gasteiger partial charge in [0.1, 0.15) is 42.7 Å². The number of azide groups is 1. The van der Waals surface area contributed by atoms with Crippen LogP contribution in [-0.2, 0) is 41.4 Å². The van der Waals surface area contributed by atoms with Crippen LogP contribution in [0.5, 0.6) is 0 Å². The van der Waals surface area contributed by atoms with E-state index in [0.717, 1.165) is 11.1 Å². The highest BCUT2D eigenvalue weighted by molar-refractivity contribution is 5.81. The van der Waals surface area contributed by atoms with E-state index >= 15 is 0 Å². The standard InChI is InChI=1S/C18H26N4O5.C18H28N2O5/c1-11(8-13-6-4-3-5-7-13)20-18(25)12(2)27-17-14(21-22-19)10-26-15(9-23)16(17)24;1-11(8-13-6-4-3-5-7-13)20-18(23)12(2)25-17-14(19)10-24-15(9-21)16(17)22/h3-7,11-12,14-17,23-24H,8-10H2,1-2H3,(H,20,25);3-7,11-12,14-17,21-22H,8-10,19H2,1-2H3,(H,20,23)/t2*11-,12+,14-,15?,16+,17?/m00/s1. The lowest BCUT2D eigenvalue weighted by Crippen LogP contribution is -2.60. The number of ether oxygens (including phenoxy) is 4. The Hall–Kier alpha value is -3.67. The second kappa shape index (κ2) is 21.8. The molecule has 0 aromatic heterocycles. The molecule has 8 N–H and O–H groups in total. The maximum atomic E-state index is 12.4. The zero-order valence-electron chi connectivity index (χ0n) is 30.1. The van der Waals surface area contributed by atoms with Gasteiger partial charge < -0.3 is 55.7 Å². The fourth-order valence-electron chi connectivity index (χ4n) is 5.94. The summed E-state index contributed by atoms with van der Waals surface area (Å²) < 4.78 is 21.9. The van der Waals surface area contributed by atoms with Gasteiger partial charge in [0, 0.05) is 17.0 Å². The van der Waals surface area contributed by atoms with E-state index in [2.05, 4.69) is 20.7 Å². The lowest BCUT2D eigenvalue weighted by molar-refractivity contribution is -0.188. The molecule has 52 heavy (non-hydrogen) atoms. The van der Waals surface area contributed by atoms with E-state index < -0.39 is 67.5 Å². The molecule has 16 nitrogen and oxygen atoms in total. The highest BCUT2D eigenvalue weighted by atomic mass is 16.6. The molecule has 0 bridgehead atoms. The molecule has 12 atom stereocenters. The zero-order chi connectivity index (χ0) is 38.2. The normalized spacial score (nSPS) is 28.1. The summed E-state index contributed by atoms with van der Waals surface area (Å²) in [6.07, 6.45) is -5.88. The Labute approximate surface area is 304 Å². The van der Waals surface area contributed by atoms with Crippen LogP contribution in [0.2, 0.25) is 0 Å². The summed E-state index contributed by atoms with van der Waals surface area (Å²) in [6, 6.07) is 18.2. The molecule has 288 valence electrons. The SMILES string of the molecule is C[C@@H](Cc1ccccc1)NC(=O)[C@@H](C)OC1[C@H](O)C(CO)OC[C@@H]1N.C[C@@H](Cc1ccccc1)NC(=O)[C@@H](C)OC1[C@H](O)C(CO)OC[C@@H]1N=[N+]=[N-]. The van der Waals surface area contributed by atoms with Crippen LogP contribution < -0.4 is 16.4 Å². The van der Waals surface area contributed by atoms with Gasteiger partial charge in [-0.15, -0.1) is 0 Å². The summed E-state index contributed by atoms with van der Waals surface area (Å²) in [7, 11) is 0. The average Bonchev–Trinajstić information content (AvgIpc) is 3.12. The second-order valence-electron chi connectivity index (χ2n) is 13.2. The van der Waals surface area contributed by atoms with Crippen LogP contribution in [0.3, 0.4) is 0 Å². The van der Waals surface area contributed by atoms with Crippen LogP contribution in [0.15, 0.2) is 65.8 Å². The quantitative estimate of drug-likeness (QED) is 0.0756. The van der Waals surface area contributed by atoms with E-state index in [1.165, 1.54) is 0 Å². The summed E-state index contributed by atoms with van der Waals surface area (Å²) in [6.45, 7) is 6.42. The van der Waals surface area contributed by atoms with E-state index in [-0.39, 0.29) is 43.7 Å². The molecule has 2 fully saturated rings. The highest BCUT2D eigenvalue weighted by Gasteiger charge is 2.42. The van der Waals surface area contributed by atoms with Crippen LogP contribution in [0.1, 0.15) is 38.8 Å². The van der Waals surface area contributed by atoms with Gasteiger partial charge in [-0.05, 0) is 57.2 Å². The summed E-state index contributed by atoms with van der Waals surface area (Å²) in [5.41, 5.74) is 16.8. The van der Waals surface area contributed by atoms with Crippen molar-refractivity contribution in [3.63, 3.8) is 0 Å². The number of amides is 2. The molecule has 2 saturated heterocycles. The van der Waals surface area contributed by atoms with Crippen molar-refractivity contribution in [3.05, 3.63) is 82.2 Å². The molecular weight excluding hydrogens is 676 g/mol. The molecule has 2 aromatic carbocycles. The highest BCUT2D eigenvalue weighted by Crippen LogP contribution is 2.23. The molecular formula is C36H54N6O10. The molecule has 0 spiro atoms. The van der Waals surface area contributed by atoms with E-state index in [0.29, 0.717) is 12.8 Å². The fourth-order valence-corrected chi connectivity index (χ4v) is 5.94. The number of benzene rings is 2. The van der Waals surface area contributed by atoms with Crippen molar-refractivity contribution in [2.75, 3.05) is 26.4 Å². The summed E-state index contributed by atoms with van der Waals surface area (Å²) >= 11 is 0. The number of hydrogen-bond acceptors (Lipinski definition) is 12. The van der Waals surface area contributed by atoms with Crippen LogP contribution in [0.4, 0.5) is 0 Å². The van der Waals surface area contributed by atoms with E-state index in [4.69, 9.17) is 30.2 Å². The predicted molar refractivity (Wildman–Crippen MR) is 191 cm³/mol. The topological polar surface area (TPSA) is 251 Å². The number of nitrogens with one attached hydrogen (secondary N) is 2. The van der Waals surface area contributed by atoms with Crippen LogP contribution in [0, 0.1) is 0 Å². The molecule has 0 radical (unpaired) electrons. The summed E-state index contributed by atoms with van der Waals surface area (Å²) in [5, 5.41) is 48.3. The number of rotatable bonds is 15. The Kier molecular flexibility index (Phi) is 17.9. The van der Waals surface area contributed by atoms with E-state index in [1.807, 2.05) is 74.5 Å². The minimum atomic E-state index is -1.21. The van der Waals surface area contributed by atoms with Gasteiger partial charge in [0.25, 0.3) is 0 Å². The number of aliphatic hydroxyl groups excluding tert-OH is 4. The van der Waals surface area contributed by atoms with Crippen molar-refractivity contribution in [1.29, 1.82) is 0 Å². The van der Waals surface area contributed by atoms with Gasteiger partial charge in [0.05, 0.1) is 44.6 Å². The summed E-state index contributed by atoms with van der Waals surface area (Å²) in [5.74, 6) is -0.604. The Morgan fingerprint density at radius 3 is 1.67 bits per heavy atom. The maximum absolute atomic E-state index is 12.4. The predicted octanol–water partition coefficient (Wildman–Crippen LogP) is 0.525. The largest absolute Gasteiger partial charge is 0.394 e. The molecule has 4 unspecified atom stereocenters. The fraction of sp³-hybridized carbons (Fsp3) is 0.611. The molecule has 2 aliphatic heterocycles. The molecule has 16 heteroatoms. The van der Waals surface area contributed by atoms with Gasteiger partial charge in [-0.3, -0.25) is 9.59 Å². The Morgan fingerprint density at radius 1 is 0.808 bits per heavy atom. The third-order valence-electron chi connectivity index (χ3n) is 8.79. The van der Waals surface area contributed by atoms with Gasteiger partial charge in [0.15, 0.2) is 0 Å². The van der Waals surface area contributed by atoms with Crippen molar-refractivity contribution >= 4 is 11.8 Å². The maximum Gasteiger partial charge on any atom is 0.249 e. The molecule has 2 amide bonds. The van der Waals surface area contributed by atoms with E-state index in [9.17, 15) is 30.0 Å². The van der Waals surface area contributed by atoms with Gasteiger partial charge in [-0.25, -0.2) is 0 Å². The number of hydrogen-bond donors (Lipinski definition) is 7. The van der Waals surface area contributed by atoms with Crippen molar-refractivity contribution in [2.24, 2.45) is 10.8 Å². The first-order valence-electron chi connectivity index (χ1n) is 17.5. The molecule has 0 saturated carbocycles. The summed E-state index contributed by atoms with van der Waals surface area (Å²) in [4.78, 5) is 27.5. The van der Waals surface area contributed by atoms with Gasteiger partial charge in [-0.1, -0.05) is 65.8 Å². The lowest BCUT2D eigenvalue weighted by atomic mass is 9.98. The first kappa shape index (κ1) is 42.7. The zero-order valence-corrected chi connectivity index (χ0v) is 30.1. The molecule has 2 aliphatic rings. The lowest BCUT2D eigenvalue weighted by Gasteiger charge is -2.39. The van der Waals surface area contributed by atoms with E-state index in [1.54, 1.807) is 13.8 Å². The Balaban J connectivity index is 0.000000281. The number of nitrogens with two attached hydrogens (primary N) is 1. The van der Waals surface area contributed by atoms with Crippen LogP contribution in [0.25, 0.3) is 10.4 Å². The van der Waals surface area contributed by atoms with Crippen molar-refractivity contribution in [1.82, 2.24) is 10.6 Å². The molecule has 2 heterocycles. The number of nitrogens with zero attached hydrogens (tertiary/aromatic N) is 3. The van der Waals surface area contributed by atoms with Gasteiger partial charge >= 0.3 is 0 Å². The number of aliphatic hydroxyl groups is 4. The number of carbonyl (C=O) groups excluding carboxylic acids is 2. The first-order valence-corrected chi connectivity index (χ1v) is 17.5. The molecule has 0 aliphatic carbocycles. The van der Waals surface area contributed by atoms with Crippen LogP contribution >= 0.6 is 0 Å². The smallest absolute Gasteiger partial charge is 0.249 e. The van der Waals surface area contributed by atoms with Crippen molar-refractivity contribution in [2.45, 2.75) is 114 Å². The monoisotopic (exact) mass is 730 g/mol. The van der Waals surface area contributed by atoms with Gasteiger partial charge in [-0.2, -0.15) is 0 Å². The van der Waals surface area contributed by atoms with Crippen LogP contribution in [-0.4, -0.2) is 132 Å². The minimum absolute atomic E-state index is 0.00420. The minimum Gasteiger partial charge on any atom is -0.394 e.